The molecule has 3 heteroatoms. The van der Waals surface area contributed by atoms with E-state index >= 15 is 0 Å². The normalized spacial score (nSPS) is 11.3. The van der Waals surface area contributed by atoms with E-state index in [1.165, 1.54) is 16.5 Å². The largest absolute Gasteiger partial charge is 0.311 e. The fourth-order valence-electron chi connectivity index (χ4n) is 7.69. The molecule has 0 saturated heterocycles. The van der Waals surface area contributed by atoms with Crippen LogP contribution < -0.4 is 4.90 Å². The lowest BCUT2D eigenvalue weighted by Crippen LogP contribution is -2.09. The Bertz CT molecular complexity index is 2930. The molecule has 1 aromatic heterocycles. The van der Waals surface area contributed by atoms with Crippen molar-refractivity contribution in [3.63, 3.8) is 0 Å². The Morgan fingerprint density at radius 1 is 0.309 bits per heavy atom. The zero-order valence-electron chi connectivity index (χ0n) is 30.0. The van der Waals surface area contributed by atoms with Crippen LogP contribution in [0, 0.1) is 0 Å². The molecule has 0 aliphatic rings. The van der Waals surface area contributed by atoms with Crippen molar-refractivity contribution in [2.45, 2.75) is 0 Å². The van der Waals surface area contributed by atoms with E-state index < -0.39 is 0 Å². The summed E-state index contributed by atoms with van der Waals surface area (Å²) in [6.07, 6.45) is 0. The average molecular weight is 702 g/mol. The van der Waals surface area contributed by atoms with Gasteiger partial charge < -0.3 is 4.90 Å². The van der Waals surface area contributed by atoms with Crippen LogP contribution in [-0.2, 0) is 0 Å². The van der Waals surface area contributed by atoms with Gasteiger partial charge in [0.05, 0.1) is 22.4 Å². The molecule has 3 nitrogen and oxygen atoms in total. The van der Waals surface area contributed by atoms with Gasteiger partial charge in [-0.1, -0.05) is 164 Å². The van der Waals surface area contributed by atoms with E-state index in [9.17, 15) is 0 Å². The smallest absolute Gasteiger partial charge is 0.0979 e. The van der Waals surface area contributed by atoms with Gasteiger partial charge in [-0.25, -0.2) is 9.97 Å². The van der Waals surface area contributed by atoms with Crippen LogP contribution in [0.25, 0.3) is 77.3 Å². The van der Waals surface area contributed by atoms with Crippen LogP contribution in [0.3, 0.4) is 0 Å². The van der Waals surface area contributed by atoms with E-state index in [2.05, 4.69) is 205 Å². The number of para-hydroxylation sites is 1. The Balaban J connectivity index is 1.08. The molecule has 0 atom stereocenters. The van der Waals surface area contributed by atoms with Crippen LogP contribution in [0.4, 0.5) is 17.1 Å². The van der Waals surface area contributed by atoms with Gasteiger partial charge in [-0.2, -0.15) is 0 Å². The van der Waals surface area contributed by atoms with E-state index in [1.807, 2.05) is 12.1 Å². The predicted molar refractivity (Wildman–Crippen MR) is 231 cm³/mol. The summed E-state index contributed by atoms with van der Waals surface area (Å²) >= 11 is 0. The molecule has 0 fully saturated rings. The Morgan fingerprint density at radius 3 is 1.33 bits per heavy atom. The highest BCUT2D eigenvalue weighted by molar-refractivity contribution is 6.19. The molecule has 1 heterocycles. The standard InChI is InChI=1S/C52H35N3/c1-5-13-36(14-6-1)37-25-30-45(31-26-37)55(44-19-11-4-12-20-44)46-32-27-38(28-33-46)43-24-22-39-21-23-40-29-34-48-52(49(40)47(39)35-43)54-51(42-17-9-3-10-18-42)50(53-48)41-15-7-2-8-16-41/h1-35H. The summed E-state index contributed by atoms with van der Waals surface area (Å²) in [6.45, 7) is 0. The molecule has 0 aliphatic carbocycles. The quantitative estimate of drug-likeness (QED) is 0.155. The monoisotopic (exact) mass is 701 g/mol. The summed E-state index contributed by atoms with van der Waals surface area (Å²) in [5, 5.41) is 4.59. The van der Waals surface area contributed by atoms with Crippen LogP contribution in [0.1, 0.15) is 0 Å². The molecule has 0 amide bonds. The number of anilines is 3. The van der Waals surface area contributed by atoms with E-state index in [0.29, 0.717) is 0 Å². The fourth-order valence-corrected chi connectivity index (χ4v) is 7.69. The van der Waals surface area contributed by atoms with Gasteiger partial charge in [0.25, 0.3) is 0 Å². The van der Waals surface area contributed by atoms with Crippen LogP contribution in [0.2, 0.25) is 0 Å². The molecule has 0 radical (unpaired) electrons. The Labute approximate surface area is 320 Å². The number of benzene rings is 9. The third kappa shape index (κ3) is 6.08. The van der Waals surface area contributed by atoms with Crippen molar-refractivity contribution in [1.82, 2.24) is 9.97 Å². The van der Waals surface area contributed by atoms with Gasteiger partial charge in [-0.05, 0) is 86.9 Å². The van der Waals surface area contributed by atoms with Crippen molar-refractivity contribution in [3.8, 4) is 44.8 Å². The second-order valence-electron chi connectivity index (χ2n) is 13.8. The van der Waals surface area contributed by atoms with E-state index in [4.69, 9.17) is 9.97 Å². The summed E-state index contributed by atoms with van der Waals surface area (Å²) in [4.78, 5) is 13.0. The SMILES string of the molecule is c1ccc(-c2ccc(N(c3ccccc3)c3ccc(-c4ccc5ccc6ccc7nc(-c8ccccc8)c(-c8ccccc8)nc7c6c5c4)cc3)cc2)cc1. The molecule has 10 rings (SSSR count). The molecule has 0 aliphatic heterocycles. The Kier molecular flexibility index (Phi) is 8.16. The number of hydrogen-bond donors (Lipinski definition) is 0. The second-order valence-corrected chi connectivity index (χ2v) is 13.8. The second kappa shape index (κ2) is 13.9. The number of nitrogens with zero attached hydrogens (tertiary/aromatic N) is 3. The van der Waals surface area contributed by atoms with Crippen LogP contribution in [0.5, 0.6) is 0 Å². The van der Waals surface area contributed by atoms with Gasteiger partial charge in [0.1, 0.15) is 0 Å². The van der Waals surface area contributed by atoms with Crippen molar-refractivity contribution in [2.24, 2.45) is 0 Å². The number of rotatable bonds is 7. The van der Waals surface area contributed by atoms with E-state index in [0.717, 1.165) is 77.9 Å². The van der Waals surface area contributed by atoms with Crippen LogP contribution in [-0.4, -0.2) is 9.97 Å². The molecular weight excluding hydrogens is 667 g/mol. The highest BCUT2D eigenvalue weighted by Crippen LogP contribution is 2.39. The van der Waals surface area contributed by atoms with E-state index in [-0.39, 0.29) is 0 Å². The van der Waals surface area contributed by atoms with Gasteiger partial charge >= 0.3 is 0 Å². The summed E-state index contributed by atoms with van der Waals surface area (Å²) in [5.41, 5.74) is 13.7. The van der Waals surface area contributed by atoms with Crippen molar-refractivity contribution in [3.05, 3.63) is 212 Å². The molecule has 0 N–H and O–H groups in total. The minimum atomic E-state index is 0.881. The predicted octanol–water partition coefficient (Wildman–Crippen LogP) is 14.1. The molecule has 0 bridgehead atoms. The molecule has 0 saturated carbocycles. The van der Waals surface area contributed by atoms with Gasteiger partial charge in [0, 0.05) is 33.6 Å². The first kappa shape index (κ1) is 32.3. The van der Waals surface area contributed by atoms with Crippen molar-refractivity contribution in [1.29, 1.82) is 0 Å². The number of fused-ring (bicyclic) bond motifs is 5. The molecule has 0 unspecified atom stereocenters. The molecule has 55 heavy (non-hydrogen) atoms. The molecule has 0 spiro atoms. The highest BCUT2D eigenvalue weighted by Gasteiger charge is 2.17. The zero-order chi connectivity index (χ0) is 36.6. The maximum atomic E-state index is 5.45. The zero-order valence-corrected chi connectivity index (χ0v) is 30.0. The van der Waals surface area contributed by atoms with Crippen LogP contribution >= 0.6 is 0 Å². The highest BCUT2D eigenvalue weighted by atomic mass is 15.1. The Morgan fingerprint density at radius 2 is 0.727 bits per heavy atom. The van der Waals surface area contributed by atoms with Crippen molar-refractivity contribution < 1.29 is 0 Å². The molecule has 258 valence electrons. The van der Waals surface area contributed by atoms with E-state index in [1.54, 1.807) is 0 Å². The Hall–Kier alpha value is -7.36. The lowest BCUT2D eigenvalue weighted by atomic mass is 9.95. The maximum Gasteiger partial charge on any atom is 0.0979 e. The summed E-state index contributed by atoms with van der Waals surface area (Å²) in [6, 6.07) is 75.0. The van der Waals surface area contributed by atoms with Gasteiger partial charge in [0.15, 0.2) is 0 Å². The van der Waals surface area contributed by atoms with Crippen molar-refractivity contribution in [2.75, 3.05) is 4.90 Å². The summed E-state index contributed by atoms with van der Waals surface area (Å²) in [7, 11) is 0. The lowest BCUT2D eigenvalue weighted by Gasteiger charge is -2.26. The molecule has 9 aromatic carbocycles. The lowest BCUT2D eigenvalue weighted by molar-refractivity contribution is 1.28. The maximum absolute atomic E-state index is 5.45. The first-order valence-corrected chi connectivity index (χ1v) is 18.7. The minimum Gasteiger partial charge on any atom is -0.311 e. The van der Waals surface area contributed by atoms with Gasteiger partial charge in [-0.15, -0.1) is 0 Å². The van der Waals surface area contributed by atoms with Gasteiger partial charge in [0.2, 0.25) is 0 Å². The minimum absolute atomic E-state index is 0.881. The first-order chi connectivity index (χ1) is 27.3. The first-order valence-electron chi connectivity index (χ1n) is 18.7. The fraction of sp³-hybridized carbons (Fsp3) is 0. The number of aromatic nitrogens is 2. The average Bonchev–Trinajstić information content (AvgIpc) is 3.27. The topological polar surface area (TPSA) is 29.0 Å². The van der Waals surface area contributed by atoms with Gasteiger partial charge in [-0.3, -0.25) is 0 Å². The third-order valence-corrected chi connectivity index (χ3v) is 10.4. The summed E-state index contributed by atoms with van der Waals surface area (Å²) < 4.78 is 0. The third-order valence-electron chi connectivity index (χ3n) is 10.4. The number of hydrogen-bond acceptors (Lipinski definition) is 3. The van der Waals surface area contributed by atoms with Crippen molar-refractivity contribution >= 4 is 49.6 Å². The molecule has 10 aromatic rings. The van der Waals surface area contributed by atoms with Crippen LogP contribution in [0.15, 0.2) is 212 Å². The molecular formula is C52H35N3. The summed E-state index contributed by atoms with van der Waals surface area (Å²) in [5.74, 6) is 0.